The number of halogens is 1. The summed E-state index contributed by atoms with van der Waals surface area (Å²) < 4.78 is 5.08. The van der Waals surface area contributed by atoms with Gasteiger partial charge in [0, 0.05) is 26.1 Å². The van der Waals surface area contributed by atoms with Gasteiger partial charge in [-0.2, -0.15) is 0 Å². The van der Waals surface area contributed by atoms with Gasteiger partial charge in [0.15, 0.2) is 0 Å². The summed E-state index contributed by atoms with van der Waals surface area (Å²) in [6, 6.07) is 7.59. The van der Waals surface area contributed by atoms with Crippen molar-refractivity contribution in [1.82, 2.24) is 4.90 Å². The van der Waals surface area contributed by atoms with E-state index in [0.29, 0.717) is 13.0 Å². The van der Waals surface area contributed by atoms with Crippen LogP contribution in [-0.2, 0) is 11.3 Å². The Balaban J connectivity index is 0.00000289. The first kappa shape index (κ1) is 16.7. The first-order chi connectivity index (χ1) is 8.02. The van der Waals surface area contributed by atoms with Crippen LogP contribution in [0.5, 0.6) is 5.75 Å². The molecule has 102 valence electrons. The van der Waals surface area contributed by atoms with E-state index in [1.54, 1.807) is 19.1 Å². The average molecular weight is 273 g/mol. The molecule has 0 radical (unpaired) electrons. The SMILES string of the molecule is COc1ccc(CN(C)C(=O)CC(C)N)cc1.Cl. The summed E-state index contributed by atoms with van der Waals surface area (Å²) in [5, 5.41) is 0. The molecule has 0 aromatic heterocycles. The lowest BCUT2D eigenvalue weighted by Gasteiger charge is -2.18. The van der Waals surface area contributed by atoms with Crippen molar-refractivity contribution in [2.45, 2.75) is 25.9 Å². The van der Waals surface area contributed by atoms with E-state index in [1.807, 2.05) is 31.2 Å². The Bertz CT molecular complexity index is 366. The van der Waals surface area contributed by atoms with Crippen LogP contribution in [-0.4, -0.2) is 31.0 Å². The molecule has 1 atom stereocenters. The number of ether oxygens (including phenoxy) is 1. The molecule has 5 heteroatoms. The van der Waals surface area contributed by atoms with Crippen LogP contribution in [0.3, 0.4) is 0 Å². The minimum Gasteiger partial charge on any atom is -0.497 e. The van der Waals surface area contributed by atoms with Crippen LogP contribution in [0.1, 0.15) is 18.9 Å². The Kier molecular flexibility index (Phi) is 7.39. The van der Waals surface area contributed by atoms with Gasteiger partial charge in [-0.25, -0.2) is 0 Å². The number of carbonyl (C=O) groups is 1. The zero-order valence-electron chi connectivity index (χ0n) is 11.1. The van der Waals surface area contributed by atoms with Crippen molar-refractivity contribution in [2.75, 3.05) is 14.2 Å². The molecule has 2 N–H and O–H groups in total. The van der Waals surface area contributed by atoms with E-state index < -0.39 is 0 Å². The quantitative estimate of drug-likeness (QED) is 0.889. The topological polar surface area (TPSA) is 55.6 Å². The molecule has 0 heterocycles. The van der Waals surface area contributed by atoms with E-state index in [0.717, 1.165) is 11.3 Å². The van der Waals surface area contributed by atoms with E-state index in [9.17, 15) is 4.79 Å². The third-order valence-corrected chi connectivity index (χ3v) is 2.50. The molecule has 0 saturated heterocycles. The molecule has 0 saturated carbocycles. The predicted octanol–water partition coefficient (Wildman–Crippen LogP) is 1.81. The smallest absolute Gasteiger partial charge is 0.224 e. The Labute approximate surface area is 115 Å². The van der Waals surface area contributed by atoms with Gasteiger partial charge >= 0.3 is 0 Å². The minimum atomic E-state index is -0.0965. The van der Waals surface area contributed by atoms with Crippen LogP contribution in [0.2, 0.25) is 0 Å². The minimum absolute atomic E-state index is 0. The van der Waals surface area contributed by atoms with Gasteiger partial charge in [0.2, 0.25) is 5.91 Å². The van der Waals surface area contributed by atoms with Crippen molar-refractivity contribution in [3.8, 4) is 5.75 Å². The fourth-order valence-corrected chi connectivity index (χ4v) is 1.52. The van der Waals surface area contributed by atoms with E-state index >= 15 is 0 Å². The lowest BCUT2D eigenvalue weighted by molar-refractivity contribution is -0.130. The molecule has 0 aliphatic rings. The van der Waals surface area contributed by atoms with Crippen molar-refractivity contribution in [3.05, 3.63) is 29.8 Å². The summed E-state index contributed by atoms with van der Waals surface area (Å²) >= 11 is 0. The van der Waals surface area contributed by atoms with Crippen molar-refractivity contribution in [3.63, 3.8) is 0 Å². The maximum atomic E-state index is 11.7. The molecular formula is C13H21ClN2O2. The maximum Gasteiger partial charge on any atom is 0.224 e. The molecular weight excluding hydrogens is 252 g/mol. The van der Waals surface area contributed by atoms with Crippen molar-refractivity contribution in [2.24, 2.45) is 5.73 Å². The number of nitrogens with zero attached hydrogens (tertiary/aromatic N) is 1. The van der Waals surface area contributed by atoms with Gasteiger partial charge < -0.3 is 15.4 Å². The number of amides is 1. The Morgan fingerprint density at radius 3 is 2.39 bits per heavy atom. The van der Waals surface area contributed by atoms with E-state index in [2.05, 4.69) is 0 Å². The normalized spacial score (nSPS) is 11.3. The molecule has 1 unspecified atom stereocenters. The van der Waals surface area contributed by atoms with Crippen molar-refractivity contribution in [1.29, 1.82) is 0 Å². The van der Waals surface area contributed by atoms with Gasteiger partial charge in [-0.05, 0) is 24.6 Å². The Hall–Kier alpha value is -1.26. The molecule has 1 amide bonds. The van der Waals surface area contributed by atoms with E-state index in [1.165, 1.54) is 0 Å². The van der Waals surface area contributed by atoms with Crippen LogP contribution in [0, 0.1) is 0 Å². The van der Waals surface area contributed by atoms with Crippen molar-refractivity contribution < 1.29 is 9.53 Å². The van der Waals surface area contributed by atoms with Crippen LogP contribution < -0.4 is 10.5 Å². The first-order valence-corrected chi connectivity index (χ1v) is 5.65. The van der Waals surface area contributed by atoms with Crippen LogP contribution in [0.25, 0.3) is 0 Å². The van der Waals surface area contributed by atoms with Crippen LogP contribution in [0.4, 0.5) is 0 Å². The molecule has 0 aliphatic carbocycles. The highest BCUT2D eigenvalue weighted by molar-refractivity contribution is 5.85. The van der Waals surface area contributed by atoms with Crippen LogP contribution in [0.15, 0.2) is 24.3 Å². The number of rotatable bonds is 5. The van der Waals surface area contributed by atoms with Crippen LogP contribution >= 0.6 is 12.4 Å². The number of hydrogen-bond donors (Lipinski definition) is 1. The number of benzene rings is 1. The second-order valence-corrected chi connectivity index (χ2v) is 4.28. The molecule has 4 nitrogen and oxygen atoms in total. The highest BCUT2D eigenvalue weighted by Crippen LogP contribution is 2.12. The fraction of sp³-hybridized carbons (Fsp3) is 0.462. The second kappa shape index (κ2) is 7.95. The molecule has 1 aromatic carbocycles. The average Bonchev–Trinajstić information content (AvgIpc) is 2.29. The Morgan fingerprint density at radius 2 is 1.94 bits per heavy atom. The summed E-state index contributed by atoms with van der Waals surface area (Å²) in [6.07, 6.45) is 0.382. The number of carbonyl (C=O) groups excluding carboxylic acids is 1. The molecule has 1 aromatic rings. The van der Waals surface area contributed by atoms with E-state index in [4.69, 9.17) is 10.5 Å². The summed E-state index contributed by atoms with van der Waals surface area (Å²) in [7, 11) is 3.42. The first-order valence-electron chi connectivity index (χ1n) is 5.65. The molecule has 18 heavy (non-hydrogen) atoms. The number of methoxy groups -OCH3 is 1. The maximum absolute atomic E-state index is 11.7. The van der Waals surface area contributed by atoms with Gasteiger partial charge in [-0.15, -0.1) is 12.4 Å². The predicted molar refractivity (Wildman–Crippen MR) is 75.0 cm³/mol. The summed E-state index contributed by atoms with van der Waals surface area (Å²) in [4.78, 5) is 13.4. The standard InChI is InChI=1S/C13H20N2O2.ClH/c1-10(14)8-13(16)15(2)9-11-4-6-12(17-3)7-5-11;/h4-7,10H,8-9,14H2,1-3H3;1H. The molecule has 0 aliphatic heterocycles. The number of hydrogen-bond acceptors (Lipinski definition) is 3. The fourth-order valence-electron chi connectivity index (χ4n) is 1.52. The monoisotopic (exact) mass is 272 g/mol. The molecule has 1 rings (SSSR count). The summed E-state index contributed by atoms with van der Waals surface area (Å²) in [5.74, 6) is 0.883. The highest BCUT2D eigenvalue weighted by Gasteiger charge is 2.11. The van der Waals surface area contributed by atoms with Gasteiger partial charge in [-0.3, -0.25) is 4.79 Å². The second-order valence-electron chi connectivity index (χ2n) is 4.28. The summed E-state index contributed by atoms with van der Waals surface area (Å²) in [5.41, 5.74) is 6.67. The largest absolute Gasteiger partial charge is 0.497 e. The lowest BCUT2D eigenvalue weighted by atomic mass is 10.2. The van der Waals surface area contributed by atoms with Gasteiger partial charge in [0.05, 0.1) is 7.11 Å². The zero-order valence-corrected chi connectivity index (χ0v) is 11.9. The van der Waals surface area contributed by atoms with Crippen molar-refractivity contribution >= 4 is 18.3 Å². The van der Waals surface area contributed by atoms with E-state index in [-0.39, 0.29) is 24.4 Å². The van der Waals surface area contributed by atoms with Gasteiger partial charge in [-0.1, -0.05) is 12.1 Å². The third-order valence-electron chi connectivity index (χ3n) is 2.50. The molecule has 0 spiro atoms. The molecule has 0 fully saturated rings. The summed E-state index contributed by atoms with van der Waals surface area (Å²) in [6.45, 7) is 2.43. The molecule has 0 bridgehead atoms. The Morgan fingerprint density at radius 1 is 1.39 bits per heavy atom. The number of nitrogens with two attached hydrogens (primary N) is 1. The van der Waals surface area contributed by atoms with Gasteiger partial charge in [0.25, 0.3) is 0 Å². The van der Waals surface area contributed by atoms with Gasteiger partial charge in [0.1, 0.15) is 5.75 Å². The third kappa shape index (κ3) is 5.38. The zero-order chi connectivity index (χ0) is 12.8. The lowest BCUT2D eigenvalue weighted by Crippen LogP contribution is -2.31. The highest BCUT2D eigenvalue weighted by atomic mass is 35.5.